The number of aliphatic hydroxyl groups is 1. The van der Waals surface area contributed by atoms with E-state index in [4.69, 9.17) is 11.6 Å². The third kappa shape index (κ3) is 4.52. The van der Waals surface area contributed by atoms with Gasteiger partial charge in [0.2, 0.25) is 15.9 Å². The first kappa shape index (κ1) is 23.1. The number of sulfonamides is 1. The molecule has 2 atom stereocenters. The summed E-state index contributed by atoms with van der Waals surface area (Å²) in [7, 11) is -4.02. The van der Waals surface area contributed by atoms with Crippen molar-refractivity contribution in [1.29, 1.82) is 0 Å². The first-order valence-electron chi connectivity index (χ1n) is 11.7. The lowest BCUT2D eigenvalue weighted by Crippen LogP contribution is -2.53. The molecule has 4 saturated carbocycles. The number of β-amino-alcohol motifs (C(OH)–C–C–N with tert-alkyl or cyclic N) is 1. The van der Waals surface area contributed by atoms with Gasteiger partial charge in [-0.2, -0.15) is 4.31 Å². The van der Waals surface area contributed by atoms with Crippen molar-refractivity contribution in [3.05, 3.63) is 29.3 Å². The molecule has 0 aromatic heterocycles. The Morgan fingerprint density at radius 2 is 1.58 bits per heavy atom. The van der Waals surface area contributed by atoms with Gasteiger partial charge >= 0.3 is 0 Å². The normalized spacial score (nSPS) is 35.5. The first-order chi connectivity index (χ1) is 15.6. The predicted octanol–water partition coefficient (Wildman–Crippen LogP) is 2.22. The summed E-state index contributed by atoms with van der Waals surface area (Å²) in [6.45, 7) is -0.190. The molecule has 0 spiro atoms. The second-order valence-corrected chi connectivity index (χ2v) is 12.9. The molecule has 10 heteroatoms. The van der Waals surface area contributed by atoms with E-state index in [1.807, 2.05) is 0 Å². The Kier molecular flexibility index (Phi) is 5.96. The zero-order chi connectivity index (χ0) is 23.4. The quantitative estimate of drug-likeness (QED) is 0.542. The second-order valence-electron chi connectivity index (χ2n) is 10.6. The Bertz CT molecular complexity index is 1010. The number of nitrogens with one attached hydrogen (secondary N) is 2. The maximum atomic E-state index is 13.1. The van der Waals surface area contributed by atoms with Crippen LogP contribution in [0.4, 0.5) is 0 Å². The Hall–Kier alpha value is -1.68. The molecule has 0 unspecified atom stereocenters. The monoisotopic (exact) mass is 495 g/mol. The summed E-state index contributed by atoms with van der Waals surface area (Å²) in [6.07, 6.45) is 6.51. The molecule has 33 heavy (non-hydrogen) atoms. The van der Waals surface area contributed by atoms with E-state index in [1.54, 1.807) is 0 Å². The first-order valence-corrected chi connectivity index (χ1v) is 13.5. The van der Waals surface area contributed by atoms with Crippen LogP contribution in [0.5, 0.6) is 0 Å². The van der Waals surface area contributed by atoms with Crippen molar-refractivity contribution >= 4 is 33.4 Å². The Balaban J connectivity index is 1.21. The fourth-order valence-electron chi connectivity index (χ4n) is 7.14. The van der Waals surface area contributed by atoms with Gasteiger partial charge < -0.3 is 5.11 Å². The topological polar surface area (TPSA) is 116 Å². The van der Waals surface area contributed by atoms with Crippen LogP contribution < -0.4 is 10.9 Å². The van der Waals surface area contributed by atoms with Crippen molar-refractivity contribution in [3.8, 4) is 0 Å². The number of rotatable bonds is 5. The van der Waals surface area contributed by atoms with Crippen molar-refractivity contribution in [2.24, 2.45) is 23.2 Å². The molecular weight excluding hydrogens is 466 g/mol. The molecule has 6 rings (SSSR count). The fraction of sp³-hybridized carbons (Fsp3) is 0.652. The lowest BCUT2D eigenvalue weighted by atomic mass is 9.49. The number of halogens is 1. The van der Waals surface area contributed by atoms with Gasteiger partial charge in [-0.05, 0) is 86.0 Å². The lowest BCUT2D eigenvalue weighted by Gasteiger charge is -2.56. The molecule has 2 amide bonds. The summed E-state index contributed by atoms with van der Waals surface area (Å²) >= 11 is 5.85. The lowest BCUT2D eigenvalue weighted by molar-refractivity contribution is -0.135. The van der Waals surface area contributed by atoms with Gasteiger partial charge in [-0.1, -0.05) is 11.6 Å². The molecule has 1 aromatic rings. The van der Waals surface area contributed by atoms with E-state index in [0.29, 0.717) is 11.4 Å². The van der Waals surface area contributed by atoms with Gasteiger partial charge in [0.05, 0.1) is 11.0 Å². The predicted molar refractivity (Wildman–Crippen MR) is 121 cm³/mol. The average molecular weight is 496 g/mol. The SMILES string of the molecule is O=C(CC12CC3CC(CC(C3)C1)C2)NNC(=O)[C@H]1C[C@H](O)CN1S(=O)(=O)c1ccc(Cl)cc1. The molecule has 1 aromatic carbocycles. The highest BCUT2D eigenvalue weighted by Gasteiger charge is 2.51. The third-order valence-electron chi connectivity index (χ3n) is 7.98. The van der Waals surface area contributed by atoms with E-state index in [1.165, 1.54) is 43.5 Å². The van der Waals surface area contributed by atoms with E-state index < -0.39 is 28.1 Å². The number of carbonyl (C=O) groups is 2. The van der Waals surface area contributed by atoms with Crippen LogP contribution in [0.2, 0.25) is 5.02 Å². The Labute approximate surface area is 199 Å². The van der Waals surface area contributed by atoms with Crippen LogP contribution in [0, 0.1) is 23.2 Å². The minimum atomic E-state index is -4.02. The summed E-state index contributed by atoms with van der Waals surface area (Å²) in [6, 6.07) is 4.54. The van der Waals surface area contributed by atoms with Crippen molar-refractivity contribution in [2.75, 3.05) is 6.54 Å². The molecule has 8 nitrogen and oxygen atoms in total. The van der Waals surface area contributed by atoms with Gasteiger partial charge in [0, 0.05) is 24.4 Å². The molecule has 1 aliphatic heterocycles. The molecule has 180 valence electrons. The van der Waals surface area contributed by atoms with E-state index >= 15 is 0 Å². The average Bonchev–Trinajstić information content (AvgIpc) is 3.14. The Morgan fingerprint density at radius 1 is 1.00 bits per heavy atom. The van der Waals surface area contributed by atoms with Gasteiger partial charge in [0.25, 0.3) is 5.91 Å². The number of benzene rings is 1. The van der Waals surface area contributed by atoms with Gasteiger partial charge in [0.15, 0.2) is 0 Å². The third-order valence-corrected chi connectivity index (χ3v) is 10.1. The summed E-state index contributed by atoms with van der Waals surface area (Å²) in [5.74, 6) is 1.29. The van der Waals surface area contributed by atoms with Crippen molar-refractivity contribution in [1.82, 2.24) is 15.2 Å². The van der Waals surface area contributed by atoms with Crippen LogP contribution in [0.3, 0.4) is 0 Å². The summed E-state index contributed by atoms with van der Waals surface area (Å²) < 4.78 is 27.1. The second kappa shape index (κ2) is 8.52. The van der Waals surface area contributed by atoms with Gasteiger partial charge in [-0.3, -0.25) is 20.4 Å². The maximum absolute atomic E-state index is 13.1. The Morgan fingerprint density at radius 3 is 2.15 bits per heavy atom. The van der Waals surface area contributed by atoms with E-state index in [2.05, 4.69) is 10.9 Å². The van der Waals surface area contributed by atoms with Gasteiger partial charge in [-0.15, -0.1) is 0 Å². The molecule has 5 fully saturated rings. The van der Waals surface area contributed by atoms with Gasteiger partial charge in [0.1, 0.15) is 6.04 Å². The van der Waals surface area contributed by atoms with Crippen LogP contribution >= 0.6 is 11.6 Å². The van der Waals surface area contributed by atoms with Gasteiger partial charge in [-0.25, -0.2) is 8.42 Å². The number of hydrogen-bond acceptors (Lipinski definition) is 5. The molecule has 1 heterocycles. The minimum absolute atomic E-state index is 0.00958. The number of carbonyl (C=O) groups excluding carboxylic acids is 2. The number of nitrogens with zero attached hydrogens (tertiary/aromatic N) is 1. The van der Waals surface area contributed by atoms with E-state index in [-0.39, 0.29) is 29.2 Å². The van der Waals surface area contributed by atoms with Crippen LogP contribution in [0.15, 0.2) is 29.2 Å². The highest BCUT2D eigenvalue weighted by molar-refractivity contribution is 7.89. The number of hydrogen-bond donors (Lipinski definition) is 3. The molecule has 4 aliphatic carbocycles. The molecule has 1 saturated heterocycles. The summed E-state index contributed by atoms with van der Waals surface area (Å²) in [5.41, 5.74) is 4.96. The molecule has 3 N–H and O–H groups in total. The summed E-state index contributed by atoms with van der Waals surface area (Å²) in [4.78, 5) is 25.6. The zero-order valence-electron chi connectivity index (χ0n) is 18.4. The van der Waals surface area contributed by atoms with Crippen molar-refractivity contribution in [3.63, 3.8) is 0 Å². The van der Waals surface area contributed by atoms with Crippen LogP contribution in [0.1, 0.15) is 51.4 Å². The molecule has 0 radical (unpaired) electrons. The fourth-order valence-corrected chi connectivity index (χ4v) is 8.90. The maximum Gasteiger partial charge on any atom is 0.256 e. The number of hydrazine groups is 1. The highest BCUT2D eigenvalue weighted by atomic mass is 35.5. The van der Waals surface area contributed by atoms with Crippen LogP contribution in [-0.4, -0.2) is 48.3 Å². The molecular formula is C23H30ClN3O5S. The molecule has 5 aliphatic rings. The van der Waals surface area contributed by atoms with Crippen LogP contribution in [-0.2, 0) is 19.6 Å². The van der Waals surface area contributed by atoms with Crippen LogP contribution in [0.25, 0.3) is 0 Å². The van der Waals surface area contributed by atoms with E-state index in [0.717, 1.165) is 41.3 Å². The summed E-state index contributed by atoms with van der Waals surface area (Å²) in [5, 5.41) is 10.5. The van der Waals surface area contributed by atoms with Crippen molar-refractivity contribution in [2.45, 2.75) is 68.4 Å². The molecule has 4 bridgehead atoms. The largest absolute Gasteiger partial charge is 0.392 e. The smallest absolute Gasteiger partial charge is 0.256 e. The standard InChI is InChI=1S/C23H30ClN3O5S/c24-17-1-3-19(4-2-17)33(31,32)27-13-18(28)8-20(27)22(30)26-25-21(29)12-23-9-14-5-15(10-23)7-16(6-14)11-23/h1-4,14-16,18,20,28H,5-13H2,(H,25,29)(H,26,30)/t14?,15?,16?,18-,20+,23?/m0/s1. The highest BCUT2D eigenvalue weighted by Crippen LogP contribution is 2.61. The number of amides is 2. The van der Waals surface area contributed by atoms with E-state index in [9.17, 15) is 23.1 Å². The minimum Gasteiger partial charge on any atom is -0.392 e. The number of aliphatic hydroxyl groups excluding tert-OH is 1. The van der Waals surface area contributed by atoms with Crippen molar-refractivity contribution < 1.29 is 23.1 Å². The zero-order valence-corrected chi connectivity index (χ0v) is 19.9.